The normalized spacial score (nSPS) is 20.6. The number of carbonyl (C=O) groups is 3. The van der Waals surface area contributed by atoms with E-state index in [-0.39, 0.29) is 17.5 Å². The number of amides is 2. The Kier molecular flexibility index (Phi) is 5.31. The van der Waals surface area contributed by atoms with Gasteiger partial charge in [-0.05, 0) is 37.5 Å². The van der Waals surface area contributed by atoms with E-state index in [2.05, 4.69) is 10.6 Å². The fraction of sp³-hybridized carbons (Fsp3) is 0.438. The minimum absolute atomic E-state index is 0.0117. The highest BCUT2D eigenvalue weighted by atomic mass is 19.1. The van der Waals surface area contributed by atoms with Gasteiger partial charge in [0.25, 0.3) is 0 Å². The number of carboxylic acids is 1. The van der Waals surface area contributed by atoms with Crippen LogP contribution in [0.25, 0.3) is 0 Å². The second-order valence-electron chi connectivity index (χ2n) is 5.76. The van der Waals surface area contributed by atoms with E-state index in [9.17, 15) is 18.8 Å². The summed E-state index contributed by atoms with van der Waals surface area (Å²) in [6.07, 6.45) is 2.22. The van der Waals surface area contributed by atoms with Crippen molar-refractivity contribution in [3.8, 4) is 0 Å². The topological polar surface area (TPSA) is 95.5 Å². The molecule has 0 aromatic heterocycles. The van der Waals surface area contributed by atoms with Crippen molar-refractivity contribution in [1.29, 1.82) is 0 Å². The van der Waals surface area contributed by atoms with E-state index in [4.69, 9.17) is 5.11 Å². The molecule has 6 nitrogen and oxygen atoms in total. The maximum absolute atomic E-state index is 13.6. The molecule has 2 amide bonds. The van der Waals surface area contributed by atoms with Crippen molar-refractivity contribution in [2.24, 2.45) is 11.8 Å². The number of anilines is 2. The zero-order valence-corrected chi connectivity index (χ0v) is 12.8. The summed E-state index contributed by atoms with van der Waals surface area (Å²) in [5.41, 5.74) is 0.347. The molecule has 1 aliphatic carbocycles. The highest BCUT2D eigenvalue weighted by Crippen LogP contribution is 2.30. The summed E-state index contributed by atoms with van der Waals surface area (Å²) in [6.45, 7) is 1.26. The van der Waals surface area contributed by atoms with E-state index < -0.39 is 23.6 Å². The Morgan fingerprint density at radius 2 is 1.87 bits per heavy atom. The molecule has 2 atom stereocenters. The van der Waals surface area contributed by atoms with E-state index in [1.807, 2.05) is 0 Å². The first kappa shape index (κ1) is 16.9. The van der Waals surface area contributed by atoms with Crippen molar-refractivity contribution >= 4 is 29.2 Å². The third-order valence-electron chi connectivity index (χ3n) is 3.94. The Morgan fingerprint density at radius 3 is 2.52 bits per heavy atom. The SMILES string of the molecule is CC(=O)Nc1cc(NC(=O)C2CCCC(C(=O)O)C2)ccc1F. The van der Waals surface area contributed by atoms with Gasteiger partial charge < -0.3 is 15.7 Å². The maximum atomic E-state index is 13.6. The van der Waals surface area contributed by atoms with Crippen LogP contribution in [0.5, 0.6) is 0 Å². The number of benzene rings is 1. The molecule has 1 saturated carbocycles. The van der Waals surface area contributed by atoms with Crippen molar-refractivity contribution in [1.82, 2.24) is 0 Å². The molecule has 0 aliphatic heterocycles. The summed E-state index contributed by atoms with van der Waals surface area (Å²) < 4.78 is 13.6. The van der Waals surface area contributed by atoms with Crippen molar-refractivity contribution in [2.75, 3.05) is 10.6 Å². The van der Waals surface area contributed by atoms with Gasteiger partial charge in [0, 0.05) is 18.5 Å². The molecule has 0 bridgehead atoms. The molecule has 0 saturated heterocycles. The molecule has 23 heavy (non-hydrogen) atoms. The monoisotopic (exact) mass is 322 g/mol. The first-order valence-corrected chi connectivity index (χ1v) is 7.47. The molecule has 2 rings (SSSR count). The summed E-state index contributed by atoms with van der Waals surface area (Å²) in [7, 11) is 0. The zero-order valence-electron chi connectivity index (χ0n) is 12.8. The Balaban J connectivity index is 2.05. The average Bonchev–Trinajstić information content (AvgIpc) is 2.50. The van der Waals surface area contributed by atoms with Gasteiger partial charge in [-0.25, -0.2) is 4.39 Å². The maximum Gasteiger partial charge on any atom is 0.306 e. The highest BCUT2D eigenvalue weighted by molar-refractivity contribution is 5.94. The van der Waals surface area contributed by atoms with Crippen LogP contribution in [0.2, 0.25) is 0 Å². The first-order chi connectivity index (χ1) is 10.9. The van der Waals surface area contributed by atoms with Gasteiger partial charge in [0.05, 0.1) is 11.6 Å². The number of nitrogens with one attached hydrogen (secondary N) is 2. The molecule has 0 radical (unpaired) electrons. The number of halogens is 1. The minimum atomic E-state index is -0.878. The Hall–Kier alpha value is -2.44. The van der Waals surface area contributed by atoms with Gasteiger partial charge >= 0.3 is 5.97 Å². The summed E-state index contributed by atoms with van der Waals surface area (Å²) in [5.74, 6) is -3.04. The molecule has 1 fully saturated rings. The highest BCUT2D eigenvalue weighted by Gasteiger charge is 2.31. The van der Waals surface area contributed by atoms with Crippen LogP contribution in [0, 0.1) is 17.7 Å². The number of hydrogen-bond acceptors (Lipinski definition) is 3. The standard InChI is InChI=1S/C16H19FN2O4/c1-9(20)18-14-8-12(5-6-13(14)17)19-15(21)10-3-2-4-11(7-10)16(22)23/h5-6,8,10-11H,2-4,7H2,1H3,(H,18,20)(H,19,21)(H,22,23). The molecule has 1 aromatic carbocycles. The summed E-state index contributed by atoms with van der Waals surface area (Å²) in [4.78, 5) is 34.3. The van der Waals surface area contributed by atoms with Gasteiger partial charge in [-0.2, -0.15) is 0 Å². The lowest BCUT2D eigenvalue weighted by Gasteiger charge is -2.25. The molecule has 0 heterocycles. The summed E-state index contributed by atoms with van der Waals surface area (Å²) in [5, 5.41) is 14.1. The van der Waals surface area contributed by atoms with Crippen LogP contribution in [-0.4, -0.2) is 22.9 Å². The molecule has 1 aromatic rings. The third-order valence-corrected chi connectivity index (χ3v) is 3.94. The van der Waals surface area contributed by atoms with E-state index in [0.29, 0.717) is 31.4 Å². The minimum Gasteiger partial charge on any atom is -0.481 e. The molecule has 2 unspecified atom stereocenters. The molecule has 1 aliphatic rings. The van der Waals surface area contributed by atoms with E-state index >= 15 is 0 Å². The van der Waals surface area contributed by atoms with Crippen molar-refractivity contribution in [3.63, 3.8) is 0 Å². The summed E-state index contributed by atoms with van der Waals surface area (Å²) in [6, 6.07) is 3.89. The van der Waals surface area contributed by atoms with Gasteiger partial charge in [-0.1, -0.05) is 6.42 Å². The fourth-order valence-electron chi connectivity index (χ4n) is 2.79. The second-order valence-corrected chi connectivity index (χ2v) is 5.76. The van der Waals surface area contributed by atoms with Crippen LogP contribution >= 0.6 is 0 Å². The van der Waals surface area contributed by atoms with Gasteiger partial charge in [0.2, 0.25) is 11.8 Å². The van der Waals surface area contributed by atoms with Crippen LogP contribution in [0.4, 0.5) is 15.8 Å². The molecule has 0 spiro atoms. The van der Waals surface area contributed by atoms with Crippen LogP contribution in [0.3, 0.4) is 0 Å². The van der Waals surface area contributed by atoms with Crippen molar-refractivity contribution < 1.29 is 23.9 Å². The zero-order chi connectivity index (χ0) is 17.0. The molecular weight excluding hydrogens is 303 g/mol. The smallest absolute Gasteiger partial charge is 0.306 e. The average molecular weight is 322 g/mol. The Bertz CT molecular complexity index is 633. The van der Waals surface area contributed by atoms with Gasteiger partial charge in [0.15, 0.2) is 0 Å². The summed E-state index contributed by atoms with van der Waals surface area (Å²) >= 11 is 0. The van der Waals surface area contributed by atoms with Crippen molar-refractivity contribution in [3.05, 3.63) is 24.0 Å². The predicted molar refractivity (Wildman–Crippen MR) is 82.4 cm³/mol. The fourth-order valence-corrected chi connectivity index (χ4v) is 2.79. The van der Waals surface area contributed by atoms with Crippen LogP contribution in [0.15, 0.2) is 18.2 Å². The lowest BCUT2D eigenvalue weighted by atomic mass is 9.81. The van der Waals surface area contributed by atoms with Crippen LogP contribution in [0.1, 0.15) is 32.6 Å². The van der Waals surface area contributed by atoms with Gasteiger partial charge in [-0.3, -0.25) is 14.4 Å². The van der Waals surface area contributed by atoms with Crippen LogP contribution in [-0.2, 0) is 14.4 Å². The number of hydrogen-bond donors (Lipinski definition) is 3. The van der Waals surface area contributed by atoms with E-state index in [0.717, 1.165) is 6.07 Å². The predicted octanol–water partition coefficient (Wildman–Crippen LogP) is 2.61. The van der Waals surface area contributed by atoms with Gasteiger partial charge in [-0.15, -0.1) is 0 Å². The number of carbonyl (C=O) groups excluding carboxylic acids is 2. The molecule has 124 valence electrons. The largest absolute Gasteiger partial charge is 0.481 e. The Labute approximate surface area is 133 Å². The van der Waals surface area contributed by atoms with E-state index in [1.54, 1.807) is 0 Å². The molecule has 7 heteroatoms. The molecular formula is C16H19FN2O4. The third kappa shape index (κ3) is 4.51. The number of rotatable bonds is 4. The molecule has 3 N–H and O–H groups in total. The number of aliphatic carboxylic acids is 1. The van der Waals surface area contributed by atoms with E-state index in [1.165, 1.54) is 19.1 Å². The lowest BCUT2D eigenvalue weighted by molar-refractivity contribution is -0.143. The quantitative estimate of drug-likeness (QED) is 0.794. The lowest BCUT2D eigenvalue weighted by Crippen LogP contribution is -2.31. The van der Waals surface area contributed by atoms with Crippen LogP contribution < -0.4 is 10.6 Å². The number of carboxylic acid groups (broad SMARTS) is 1. The van der Waals surface area contributed by atoms with Crippen molar-refractivity contribution in [2.45, 2.75) is 32.6 Å². The second kappa shape index (κ2) is 7.21. The first-order valence-electron chi connectivity index (χ1n) is 7.47. The Morgan fingerprint density at radius 1 is 1.17 bits per heavy atom. The van der Waals surface area contributed by atoms with Gasteiger partial charge in [0.1, 0.15) is 5.82 Å².